The number of carbonyl (C=O) groups is 1. The average molecular weight is 235 g/mol. The second kappa shape index (κ2) is 9.25. The van der Waals surface area contributed by atoms with Crippen LogP contribution in [0.1, 0.15) is 0 Å². The summed E-state index contributed by atoms with van der Waals surface area (Å²) in [6.45, 7) is 6.86. The number of rotatable bonds is 4. The molecule has 0 saturated carbocycles. The quantitative estimate of drug-likeness (QED) is 0.414. The molecule has 0 radical (unpaired) electrons. The van der Waals surface area contributed by atoms with Crippen LogP contribution < -0.4 is 0 Å². The summed E-state index contributed by atoms with van der Waals surface area (Å²) in [7, 11) is 0. The molecule has 0 amide bonds. The van der Waals surface area contributed by atoms with Gasteiger partial charge in [0.05, 0.1) is 0 Å². The zero-order valence-electron chi connectivity index (χ0n) is 6.14. The Morgan fingerprint density at radius 1 is 1.00 bits per heavy atom. The van der Waals surface area contributed by atoms with Gasteiger partial charge in [0, 0.05) is 19.5 Å². The van der Waals surface area contributed by atoms with Crippen molar-refractivity contribution in [2.45, 2.75) is 0 Å². The van der Waals surface area contributed by atoms with E-state index in [1.54, 1.807) is 24.3 Å². The first-order valence-corrected chi connectivity index (χ1v) is 2.93. The zero-order chi connectivity index (χ0) is 7.82. The summed E-state index contributed by atoms with van der Waals surface area (Å²) in [6, 6.07) is 0. The third kappa shape index (κ3) is 9.25. The molecule has 0 saturated heterocycles. The Hall–Kier alpha value is -0.747. The Morgan fingerprint density at radius 2 is 1.36 bits per heavy atom. The van der Waals surface area contributed by atoms with Crippen molar-refractivity contribution in [3.63, 3.8) is 0 Å². The number of hydrogen-bond acceptors (Lipinski definition) is 1. The maximum atomic E-state index is 10.7. The van der Waals surface area contributed by atoms with Gasteiger partial charge >= 0.3 is 0 Å². The van der Waals surface area contributed by atoms with Crippen LogP contribution in [0.3, 0.4) is 0 Å². The van der Waals surface area contributed by atoms with Gasteiger partial charge in [0.15, 0.2) is 5.78 Å². The van der Waals surface area contributed by atoms with E-state index in [2.05, 4.69) is 13.2 Å². The van der Waals surface area contributed by atoms with E-state index in [0.717, 1.165) is 0 Å². The van der Waals surface area contributed by atoms with Crippen molar-refractivity contribution < 1.29 is 24.3 Å². The molecule has 2 heteroatoms. The van der Waals surface area contributed by atoms with Gasteiger partial charge in [-0.25, -0.2) is 0 Å². The maximum absolute atomic E-state index is 10.7. The first-order chi connectivity index (χ1) is 4.81. The minimum atomic E-state index is -0.0557. The van der Waals surface area contributed by atoms with Crippen LogP contribution in [0.2, 0.25) is 0 Å². The number of allylic oxidation sites excluding steroid dienone is 6. The van der Waals surface area contributed by atoms with Crippen molar-refractivity contribution in [3.8, 4) is 0 Å². The normalized spacial score (nSPS) is 9.45. The first-order valence-electron chi connectivity index (χ1n) is 2.93. The Labute approximate surface area is 79.9 Å². The monoisotopic (exact) mass is 236 g/mol. The molecule has 11 heavy (non-hydrogen) atoms. The van der Waals surface area contributed by atoms with Crippen molar-refractivity contribution in [2.24, 2.45) is 0 Å². The van der Waals surface area contributed by atoms with Crippen LogP contribution in [-0.2, 0) is 24.3 Å². The van der Waals surface area contributed by atoms with Crippen LogP contribution in [0.15, 0.2) is 49.6 Å². The molecule has 0 aliphatic carbocycles. The zero-order valence-corrected chi connectivity index (χ0v) is 7.88. The molecule has 0 rings (SSSR count). The summed E-state index contributed by atoms with van der Waals surface area (Å²) in [5, 5.41) is 0. The Kier molecular flexibility index (Phi) is 10.8. The number of hydrogen-bond donors (Lipinski definition) is 0. The standard InChI is InChI=1S/C9H10O.Ru/c1-3-5-7-9(10)8-6-4-2;/h3-8H,1-2H2;. The van der Waals surface area contributed by atoms with Gasteiger partial charge in [0.2, 0.25) is 0 Å². The van der Waals surface area contributed by atoms with Gasteiger partial charge < -0.3 is 0 Å². The fourth-order valence-electron chi connectivity index (χ4n) is 0.381. The molecule has 0 aromatic heterocycles. The number of ketones is 1. The number of carbonyl (C=O) groups excluding carboxylic acids is 1. The summed E-state index contributed by atoms with van der Waals surface area (Å²) in [5.41, 5.74) is 0. The summed E-state index contributed by atoms with van der Waals surface area (Å²) in [4.78, 5) is 10.7. The molecule has 0 heterocycles. The molecule has 0 bridgehead atoms. The minimum Gasteiger partial charge on any atom is -0.290 e. The van der Waals surface area contributed by atoms with E-state index in [0.29, 0.717) is 0 Å². The Morgan fingerprint density at radius 3 is 1.64 bits per heavy atom. The second-order valence-corrected chi connectivity index (χ2v) is 1.59. The summed E-state index contributed by atoms with van der Waals surface area (Å²) in [5.74, 6) is -0.0557. The molecular formula is C9H10ORu. The molecule has 0 aromatic carbocycles. The minimum absolute atomic E-state index is 0. The Bertz CT molecular complexity index is 170. The van der Waals surface area contributed by atoms with E-state index in [4.69, 9.17) is 0 Å². The third-order valence-electron chi connectivity index (χ3n) is 0.793. The van der Waals surface area contributed by atoms with Crippen LogP contribution >= 0.6 is 0 Å². The topological polar surface area (TPSA) is 17.1 Å². The molecule has 60 valence electrons. The molecule has 0 unspecified atom stereocenters. The van der Waals surface area contributed by atoms with Crippen LogP contribution in [-0.4, -0.2) is 5.78 Å². The molecule has 1 nitrogen and oxygen atoms in total. The van der Waals surface area contributed by atoms with Gasteiger partial charge in [-0.1, -0.05) is 37.5 Å². The maximum Gasteiger partial charge on any atom is 0.178 e. The summed E-state index contributed by atoms with van der Waals surface area (Å²) >= 11 is 0. The molecule has 0 fully saturated rings. The molecule has 0 aliphatic rings. The fraction of sp³-hybridized carbons (Fsp3) is 0. The molecule has 0 N–H and O–H groups in total. The van der Waals surface area contributed by atoms with Crippen molar-refractivity contribution in [1.82, 2.24) is 0 Å². The SMILES string of the molecule is C=CC=CC(=O)C=CC=C.[Ru]. The molecule has 0 atom stereocenters. The van der Waals surface area contributed by atoms with Crippen LogP contribution in [0.25, 0.3) is 0 Å². The largest absolute Gasteiger partial charge is 0.290 e. The smallest absolute Gasteiger partial charge is 0.178 e. The summed E-state index contributed by atoms with van der Waals surface area (Å²) < 4.78 is 0. The van der Waals surface area contributed by atoms with E-state index >= 15 is 0 Å². The van der Waals surface area contributed by atoms with Crippen LogP contribution in [0.4, 0.5) is 0 Å². The van der Waals surface area contributed by atoms with Gasteiger partial charge in [-0.3, -0.25) is 4.79 Å². The van der Waals surface area contributed by atoms with Crippen molar-refractivity contribution >= 4 is 5.78 Å². The van der Waals surface area contributed by atoms with Gasteiger partial charge in [-0.05, 0) is 12.2 Å². The van der Waals surface area contributed by atoms with Gasteiger partial charge in [-0.2, -0.15) is 0 Å². The molecule has 0 spiro atoms. The van der Waals surface area contributed by atoms with Crippen molar-refractivity contribution in [2.75, 3.05) is 0 Å². The van der Waals surface area contributed by atoms with Crippen molar-refractivity contribution in [3.05, 3.63) is 49.6 Å². The van der Waals surface area contributed by atoms with Crippen LogP contribution in [0, 0.1) is 0 Å². The fourth-order valence-corrected chi connectivity index (χ4v) is 0.381. The van der Waals surface area contributed by atoms with Crippen molar-refractivity contribution in [1.29, 1.82) is 0 Å². The average Bonchev–Trinajstić information content (AvgIpc) is 1.97. The molecule has 0 aromatic rings. The van der Waals surface area contributed by atoms with Crippen LogP contribution in [0.5, 0.6) is 0 Å². The second-order valence-electron chi connectivity index (χ2n) is 1.59. The molecule has 0 aliphatic heterocycles. The van der Waals surface area contributed by atoms with E-state index in [1.807, 2.05) is 0 Å². The van der Waals surface area contributed by atoms with Gasteiger partial charge in [0.1, 0.15) is 0 Å². The first kappa shape index (κ1) is 12.9. The van der Waals surface area contributed by atoms with Gasteiger partial charge in [0.25, 0.3) is 0 Å². The predicted molar refractivity (Wildman–Crippen MR) is 43.7 cm³/mol. The van der Waals surface area contributed by atoms with E-state index in [1.165, 1.54) is 12.2 Å². The third-order valence-corrected chi connectivity index (χ3v) is 0.793. The molecular weight excluding hydrogens is 225 g/mol. The van der Waals surface area contributed by atoms with Gasteiger partial charge in [-0.15, -0.1) is 0 Å². The predicted octanol–water partition coefficient (Wildman–Crippen LogP) is 2.04. The van der Waals surface area contributed by atoms with E-state index in [-0.39, 0.29) is 25.3 Å². The Balaban J connectivity index is 0. The van der Waals surface area contributed by atoms with E-state index < -0.39 is 0 Å². The summed E-state index contributed by atoms with van der Waals surface area (Å²) in [6.07, 6.45) is 9.17. The van der Waals surface area contributed by atoms with E-state index in [9.17, 15) is 4.79 Å².